The van der Waals surface area contributed by atoms with Crippen LogP contribution in [0, 0.1) is 6.92 Å². The summed E-state index contributed by atoms with van der Waals surface area (Å²) >= 11 is 5.87. The first kappa shape index (κ1) is 28.6. The third-order valence-corrected chi connectivity index (χ3v) is 5.20. The number of benzene rings is 2. The third kappa shape index (κ3) is 8.54. The van der Waals surface area contributed by atoms with Gasteiger partial charge in [-0.25, -0.2) is 10.2 Å². The van der Waals surface area contributed by atoms with Crippen LogP contribution in [0.5, 0.6) is 0 Å². The van der Waals surface area contributed by atoms with Crippen molar-refractivity contribution in [2.45, 2.75) is 20.4 Å². The number of aryl methyl sites for hydroxylation is 1. The smallest absolute Gasteiger partial charge is 0.338 e. The molecule has 0 atom stereocenters. The zero-order chi connectivity index (χ0) is 28.4. The summed E-state index contributed by atoms with van der Waals surface area (Å²) in [6.07, 6.45) is 1.16. The summed E-state index contributed by atoms with van der Waals surface area (Å²) in [4.78, 5) is 59.9. The molecule has 0 fully saturated rings. The summed E-state index contributed by atoms with van der Waals surface area (Å²) < 4.78 is 10.3. The Bertz CT molecular complexity index is 1420. The van der Waals surface area contributed by atoms with Crippen LogP contribution in [0.2, 0.25) is 5.02 Å². The van der Waals surface area contributed by atoms with Crippen molar-refractivity contribution in [1.82, 2.24) is 10.7 Å². The van der Waals surface area contributed by atoms with Crippen molar-refractivity contribution in [3.05, 3.63) is 82.3 Å². The Kier molecular flexibility index (Phi) is 9.93. The molecule has 4 amide bonds. The Balaban J connectivity index is 1.43. The molecule has 0 aliphatic heterocycles. The molecule has 0 radical (unpaired) electrons. The van der Waals surface area contributed by atoms with Crippen LogP contribution in [0.15, 0.2) is 64.1 Å². The van der Waals surface area contributed by atoms with Gasteiger partial charge in [-0.05, 0) is 74.0 Å². The number of carbonyl (C=O) groups is 5. The van der Waals surface area contributed by atoms with Crippen LogP contribution >= 0.6 is 11.6 Å². The van der Waals surface area contributed by atoms with E-state index in [1.54, 1.807) is 32.0 Å². The number of ether oxygens (including phenoxy) is 1. The van der Waals surface area contributed by atoms with Gasteiger partial charge in [-0.1, -0.05) is 11.6 Å². The standard InChI is InChI=1S/C26H24ClN5O7/c1-3-38-26(37)16-4-7-18(8-5-16)30-23(34)22(33)28-13-19-9-10-20(39-19)14-29-32-25(36)24(35)31-21-11-6-17(27)12-15(21)2/h4-12,14H,3,13H2,1-2H3,(H,28,33)(H,30,34)(H,31,35)(H,32,36)/b29-14+. The Morgan fingerprint density at radius 1 is 0.923 bits per heavy atom. The summed E-state index contributed by atoms with van der Waals surface area (Å²) in [5, 5.41) is 11.4. The van der Waals surface area contributed by atoms with Gasteiger partial charge in [-0.3, -0.25) is 19.2 Å². The quantitative estimate of drug-likeness (QED) is 0.144. The largest absolute Gasteiger partial charge is 0.462 e. The van der Waals surface area contributed by atoms with Gasteiger partial charge < -0.3 is 25.1 Å². The first-order chi connectivity index (χ1) is 18.7. The lowest BCUT2D eigenvalue weighted by Gasteiger charge is -2.07. The van der Waals surface area contributed by atoms with E-state index in [-0.39, 0.29) is 18.9 Å². The van der Waals surface area contributed by atoms with Gasteiger partial charge in [-0.15, -0.1) is 0 Å². The number of nitrogens with one attached hydrogen (secondary N) is 4. The number of hydrogen-bond acceptors (Lipinski definition) is 8. The highest BCUT2D eigenvalue weighted by Gasteiger charge is 2.16. The van der Waals surface area contributed by atoms with E-state index in [4.69, 9.17) is 20.8 Å². The monoisotopic (exact) mass is 553 g/mol. The molecule has 0 unspecified atom stereocenters. The molecular weight excluding hydrogens is 530 g/mol. The molecule has 1 aromatic heterocycles. The molecule has 202 valence electrons. The van der Waals surface area contributed by atoms with Crippen LogP contribution in [0.1, 0.15) is 34.4 Å². The maximum absolute atomic E-state index is 12.1. The van der Waals surface area contributed by atoms with Crippen molar-refractivity contribution in [2.24, 2.45) is 5.10 Å². The summed E-state index contributed by atoms with van der Waals surface area (Å²) in [7, 11) is 0. The first-order valence-corrected chi connectivity index (χ1v) is 11.9. The highest BCUT2D eigenvalue weighted by atomic mass is 35.5. The van der Waals surface area contributed by atoms with Gasteiger partial charge in [0.25, 0.3) is 0 Å². The molecule has 0 saturated heterocycles. The van der Waals surface area contributed by atoms with E-state index in [1.807, 2.05) is 0 Å². The van der Waals surface area contributed by atoms with Gasteiger partial charge in [0.05, 0.1) is 24.9 Å². The summed E-state index contributed by atoms with van der Waals surface area (Å²) in [5.74, 6) is -3.71. The maximum Gasteiger partial charge on any atom is 0.338 e. The van der Waals surface area contributed by atoms with Crippen LogP contribution in [-0.2, 0) is 30.5 Å². The maximum atomic E-state index is 12.1. The predicted octanol–water partition coefficient (Wildman–Crippen LogP) is 2.76. The number of anilines is 2. The van der Waals surface area contributed by atoms with E-state index >= 15 is 0 Å². The molecule has 1 heterocycles. The van der Waals surface area contributed by atoms with Crippen molar-refractivity contribution in [3.8, 4) is 0 Å². The number of halogens is 1. The summed E-state index contributed by atoms with van der Waals surface area (Å²) in [6, 6.07) is 13.7. The minimum absolute atomic E-state index is 0.100. The van der Waals surface area contributed by atoms with Crippen LogP contribution < -0.4 is 21.4 Å². The Hall–Kier alpha value is -4.97. The number of furan rings is 1. The highest BCUT2D eigenvalue weighted by molar-refractivity contribution is 6.40. The van der Waals surface area contributed by atoms with Gasteiger partial charge >= 0.3 is 29.6 Å². The van der Waals surface area contributed by atoms with Crippen molar-refractivity contribution < 1.29 is 33.1 Å². The van der Waals surface area contributed by atoms with E-state index in [0.29, 0.717) is 33.3 Å². The summed E-state index contributed by atoms with van der Waals surface area (Å²) in [5.41, 5.74) is 3.83. The molecule has 3 rings (SSSR count). The van der Waals surface area contributed by atoms with E-state index < -0.39 is 29.6 Å². The average Bonchev–Trinajstić information content (AvgIpc) is 3.36. The minimum atomic E-state index is -0.999. The second-order valence-electron chi connectivity index (χ2n) is 7.85. The topological polar surface area (TPSA) is 168 Å². The number of rotatable bonds is 8. The number of nitrogens with zero attached hydrogens (tertiary/aromatic N) is 1. The van der Waals surface area contributed by atoms with Gasteiger partial charge in [0, 0.05) is 16.4 Å². The number of esters is 1. The van der Waals surface area contributed by atoms with E-state index in [2.05, 4.69) is 26.5 Å². The van der Waals surface area contributed by atoms with Gasteiger partial charge in [-0.2, -0.15) is 5.10 Å². The van der Waals surface area contributed by atoms with Crippen molar-refractivity contribution in [2.75, 3.05) is 17.2 Å². The summed E-state index contributed by atoms with van der Waals surface area (Å²) in [6.45, 7) is 3.56. The average molecular weight is 554 g/mol. The van der Waals surface area contributed by atoms with Crippen molar-refractivity contribution in [1.29, 1.82) is 0 Å². The number of hydrazone groups is 1. The Labute approximate surface area is 227 Å². The second-order valence-corrected chi connectivity index (χ2v) is 8.29. The van der Waals surface area contributed by atoms with Gasteiger partial charge in [0.1, 0.15) is 11.5 Å². The molecule has 0 aliphatic carbocycles. The van der Waals surface area contributed by atoms with Crippen molar-refractivity contribution in [3.63, 3.8) is 0 Å². The first-order valence-electron chi connectivity index (χ1n) is 11.5. The molecule has 0 aliphatic rings. The molecule has 4 N–H and O–H groups in total. The fourth-order valence-corrected chi connectivity index (χ4v) is 3.28. The lowest BCUT2D eigenvalue weighted by atomic mass is 10.2. The lowest BCUT2D eigenvalue weighted by molar-refractivity contribution is -0.136. The predicted molar refractivity (Wildman–Crippen MR) is 142 cm³/mol. The minimum Gasteiger partial charge on any atom is -0.462 e. The van der Waals surface area contributed by atoms with E-state index in [0.717, 1.165) is 6.21 Å². The zero-order valence-electron chi connectivity index (χ0n) is 20.9. The Morgan fingerprint density at radius 3 is 2.33 bits per heavy atom. The fraction of sp³-hybridized carbons (Fsp3) is 0.154. The zero-order valence-corrected chi connectivity index (χ0v) is 21.6. The number of amides is 4. The fourth-order valence-electron chi connectivity index (χ4n) is 3.05. The van der Waals surface area contributed by atoms with E-state index in [9.17, 15) is 24.0 Å². The van der Waals surface area contributed by atoms with Crippen LogP contribution in [-0.4, -0.2) is 42.4 Å². The van der Waals surface area contributed by atoms with Crippen LogP contribution in [0.25, 0.3) is 0 Å². The normalized spacial score (nSPS) is 10.5. The molecule has 39 heavy (non-hydrogen) atoms. The van der Waals surface area contributed by atoms with Crippen LogP contribution in [0.3, 0.4) is 0 Å². The van der Waals surface area contributed by atoms with Gasteiger partial charge in [0.2, 0.25) is 0 Å². The third-order valence-electron chi connectivity index (χ3n) is 4.97. The van der Waals surface area contributed by atoms with Gasteiger partial charge in [0.15, 0.2) is 0 Å². The number of hydrogen-bond donors (Lipinski definition) is 4. The molecule has 2 aromatic carbocycles. The molecule has 13 heteroatoms. The second kappa shape index (κ2) is 13.5. The Morgan fingerprint density at radius 2 is 1.64 bits per heavy atom. The lowest BCUT2D eigenvalue weighted by Crippen LogP contribution is -2.34. The molecule has 3 aromatic rings. The van der Waals surface area contributed by atoms with Crippen LogP contribution in [0.4, 0.5) is 11.4 Å². The SMILES string of the molecule is CCOC(=O)c1ccc(NC(=O)C(=O)NCc2ccc(/C=N/NC(=O)C(=O)Nc3ccc(Cl)cc3C)o2)cc1. The molecule has 0 bridgehead atoms. The molecular formula is C26H24ClN5O7. The van der Waals surface area contributed by atoms with E-state index in [1.165, 1.54) is 36.4 Å². The number of carbonyl (C=O) groups excluding carboxylic acids is 5. The molecule has 0 saturated carbocycles. The molecule has 12 nitrogen and oxygen atoms in total. The molecule has 0 spiro atoms. The highest BCUT2D eigenvalue weighted by Crippen LogP contribution is 2.19. The van der Waals surface area contributed by atoms with Crippen molar-refractivity contribution >= 4 is 58.8 Å².